The van der Waals surface area contributed by atoms with Gasteiger partial charge in [-0.2, -0.15) is 0 Å². The predicted molar refractivity (Wildman–Crippen MR) is 42.6 cm³/mol. The number of carbonyl (C=O) groups is 1. The van der Waals surface area contributed by atoms with Gasteiger partial charge in [-0.3, -0.25) is 4.79 Å². The van der Waals surface area contributed by atoms with Gasteiger partial charge in [-0.1, -0.05) is 12.2 Å². The molecule has 0 aliphatic rings. The Balaban J connectivity index is 0. The van der Waals surface area contributed by atoms with Crippen molar-refractivity contribution in [1.29, 1.82) is 0 Å². The third-order valence-electron chi connectivity index (χ3n) is 0.774. The molecule has 0 rings (SSSR count). The van der Waals surface area contributed by atoms with Crippen molar-refractivity contribution in [2.75, 3.05) is 13.1 Å². The molecule has 0 aliphatic carbocycles. The molecule has 0 saturated heterocycles. The number of hydrogen-bond acceptors (Lipinski definition) is 2. The van der Waals surface area contributed by atoms with Gasteiger partial charge in [0, 0.05) is 6.54 Å². The van der Waals surface area contributed by atoms with E-state index in [0.717, 1.165) is 0 Å². The maximum Gasteiger partial charge on any atom is 0.317 e. The zero-order valence-electron chi connectivity index (χ0n) is 5.83. The number of halogens is 1. The molecule has 3 nitrogen and oxygen atoms in total. The lowest BCUT2D eigenvalue weighted by atomic mass is 10.5. The number of nitrogens with one attached hydrogen (secondary N) is 1. The fraction of sp³-hybridized carbons (Fsp3) is 0.500. The van der Waals surface area contributed by atoms with Crippen LogP contribution in [0.15, 0.2) is 12.2 Å². The van der Waals surface area contributed by atoms with Crippen LogP contribution in [0.5, 0.6) is 0 Å². The zero-order valence-corrected chi connectivity index (χ0v) is 6.65. The molecule has 0 aromatic heterocycles. The zero-order chi connectivity index (χ0) is 7.11. The standard InChI is InChI=1S/C6H11NO2.ClH/c1-2-3-4-7-5-6(8)9;/h2-3,7H,4-5H2,1H3,(H,8,9);1H/b3-2+;. The summed E-state index contributed by atoms with van der Waals surface area (Å²) in [7, 11) is 0. The Hall–Kier alpha value is -0.540. The monoisotopic (exact) mass is 165 g/mol. The van der Waals surface area contributed by atoms with Gasteiger partial charge in [0.25, 0.3) is 0 Å². The summed E-state index contributed by atoms with van der Waals surface area (Å²) in [6.07, 6.45) is 3.73. The summed E-state index contributed by atoms with van der Waals surface area (Å²) in [5.41, 5.74) is 0. The Labute approximate surface area is 66.5 Å². The first-order valence-electron chi connectivity index (χ1n) is 2.81. The summed E-state index contributed by atoms with van der Waals surface area (Å²) in [6.45, 7) is 2.55. The smallest absolute Gasteiger partial charge is 0.317 e. The maximum absolute atomic E-state index is 9.88. The Morgan fingerprint density at radius 3 is 2.70 bits per heavy atom. The number of allylic oxidation sites excluding steroid dienone is 1. The van der Waals surface area contributed by atoms with Crippen LogP contribution in [0.25, 0.3) is 0 Å². The first-order chi connectivity index (χ1) is 4.27. The highest BCUT2D eigenvalue weighted by molar-refractivity contribution is 5.85. The van der Waals surface area contributed by atoms with Gasteiger partial charge >= 0.3 is 5.97 Å². The van der Waals surface area contributed by atoms with Crippen molar-refractivity contribution < 1.29 is 9.90 Å². The maximum atomic E-state index is 9.88. The van der Waals surface area contributed by atoms with Crippen molar-refractivity contribution in [2.45, 2.75) is 6.92 Å². The van der Waals surface area contributed by atoms with E-state index in [9.17, 15) is 4.79 Å². The molecule has 0 amide bonds. The van der Waals surface area contributed by atoms with E-state index in [1.54, 1.807) is 0 Å². The summed E-state index contributed by atoms with van der Waals surface area (Å²) in [6, 6.07) is 0. The van der Waals surface area contributed by atoms with E-state index >= 15 is 0 Å². The van der Waals surface area contributed by atoms with Crippen molar-refractivity contribution in [3.05, 3.63) is 12.2 Å². The van der Waals surface area contributed by atoms with Crippen LogP contribution in [0.4, 0.5) is 0 Å². The fourth-order valence-corrected chi connectivity index (χ4v) is 0.380. The molecule has 4 heteroatoms. The fourth-order valence-electron chi connectivity index (χ4n) is 0.380. The lowest BCUT2D eigenvalue weighted by molar-refractivity contribution is -0.135. The molecule has 0 radical (unpaired) electrons. The van der Waals surface area contributed by atoms with E-state index in [4.69, 9.17) is 5.11 Å². The summed E-state index contributed by atoms with van der Waals surface area (Å²) >= 11 is 0. The molecule has 0 spiro atoms. The van der Waals surface area contributed by atoms with E-state index in [2.05, 4.69) is 5.32 Å². The van der Waals surface area contributed by atoms with Gasteiger partial charge in [0.1, 0.15) is 0 Å². The minimum Gasteiger partial charge on any atom is -0.480 e. The summed E-state index contributed by atoms with van der Waals surface area (Å²) in [4.78, 5) is 9.88. The molecule has 0 unspecified atom stereocenters. The van der Waals surface area contributed by atoms with Crippen LogP contribution < -0.4 is 5.32 Å². The van der Waals surface area contributed by atoms with E-state index < -0.39 is 5.97 Å². The molecule has 0 heterocycles. The van der Waals surface area contributed by atoms with Crippen molar-refractivity contribution in [3.63, 3.8) is 0 Å². The number of aliphatic carboxylic acids is 1. The van der Waals surface area contributed by atoms with Crippen LogP contribution in [0.3, 0.4) is 0 Å². The minimum absolute atomic E-state index is 0. The minimum atomic E-state index is -0.820. The summed E-state index contributed by atoms with van der Waals surface area (Å²) in [5.74, 6) is -0.820. The summed E-state index contributed by atoms with van der Waals surface area (Å²) < 4.78 is 0. The highest BCUT2D eigenvalue weighted by atomic mass is 35.5. The average Bonchev–Trinajstić information content (AvgIpc) is 1.80. The molecule has 2 N–H and O–H groups in total. The molecule has 0 aromatic rings. The Bertz CT molecular complexity index is 114. The second kappa shape index (κ2) is 8.46. The number of rotatable bonds is 4. The van der Waals surface area contributed by atoms with E-state index in [-0.39, 0.29) is 19.0 Å². The quantitative estimate of drug-likeness (QED) is 0.475. The van der Waals surface area contributed by atoms with Crippen molar-refractivity contribution in [2.24, 2.45) is 0 Å². The average molecular weight is 166 g/mol. The number of carboxylic acids is 1. The van der Waals surface area contributed by atoms with Crippen LogP contribution in [0.1, 0.15) is 6.92 Å². The van der Waals surface area contributed by atoms with E-state index in [1.807, 2.05) is 19.1 Å². The lowest BCUT2D eigenvalue weighted by Gasteiger charge is -1.92. The molecule has 60 valence electrons. The molecule has 0 atom stereocenters. The van der Waals surface area contributed by atoms with Crippen LogP contribution >= 0.6 is 12.4 Å². The largest absolute Gasteiger partial charge is 0.480 e. The second-order valence-corrected chi connectivity index (χ2v) is 1.59. The van der Waals surface area contributed by atoms with E-state index in [0.29, 0.717) is 6.54 Å². The third-order valence-corrected chi connectivity index (χ3v) is 0.774. The second-order valence-electron chi connectivity index (χ2n) is 1.59. The van der Waals surface area contributed by atoms with Crippen LogP contribution in [0.2, 0.25) is 0 Å². The van der Waals surface area contributed by atoms with Gasteiger partial charge in [0.05, 0.1) is 6.54 Å². The highest BCUT2D eigenvalue weighted by Gasteiger charge is 1.90. The first kappa shape index (κ1) is 12.2. The third kappa shape index (κ3) is 10.4. The van der Waals surface area contributed by atoms with Crippen LogP contribution in [-0.4, -0.2) is 24.2 Å². The van der Waals surface area contributed by atoms with Gasteiger partial charge in [0.15, 0.2) is 0 Å². The normalized spacial score (nSPS) is 9.30. The Morgan fingerprint density at radius 1 is 1.70 bits per heavy atom. The number of hydrogen-bond donors (Lipinski definition) is 2. The molecule has 0 bridgehead atoms. The SMILES string of the molecule is C/C=C/CNCC(=O)O.Cl. The molecule has 0 aliphatic heterocycles. The highest BCUT2D eigenvalue weighted by Crippen LogP contribution is 1.66. The molecular weight excluding hydrogens is 154 g/mol. The first-order valence-corrected chi connectivity index (χ1v) is 2.81. The topological polar surface area (TPSA) is 49.3 Å². The van der Waals surface area contributed by atoms with Crippen LogP contribution in [-0.2, 0) is 4.79 Å². The van der Waals surface area contributed by atoms with Gasteiger partial charge in [0.2, 0.25) is 0 Å². The van der Waals surface area contributed by atoms with Gasteiger partial charge in [-0.15, -0.1) is 12.4 Å². The van der Waals surface area contributed by atoms with E-state index in [1.165, 1.54) is 0 Å². The Morgan fingerprint density at radius 2 is 2.30 bits per heavy atom. The molecule has 0 aromatic carbocycles. The molecule has 10 heavy (non-hydrogen) atoms. The molecule has 0 fully saturated rings. The summed E-state index contributed by atoms with van der Waals surface area (Å²) in [5, 5.41) is 10.8. The molecule has 0 saturated carbocycles. The van der Waals surface area contributed by atoms with Crippen LogP contribution in [0, 0.1) is 0 Å². The van der Waals surface area contributed by atoms with Gasteiger partial charge in [-0.25, -0.2) is 0 Å². The number of carboxylic acid groups (broad SMARTS) is 1. The Kier molecular flexibility index (Phi) is 10.3. The van der Waals surface area contributed by atoms with Gasteiger partial charge in [-0.05, 0) is 6.92 Å². The van der Waals surface area contributed by atoms with Crippen molar-refractivity contribution >= 4 is 18.4 Å². The molecular formula is C6H12ClNO2. The van der Waals surface area contributed by atoms with Crippen molar-refractivity contribution in [1.82, 2.24) is 5.32 Å². The predicted octanol–water partition coefficient (Wildman–Crippen LogP) is 0.659. The lowest BCUT2D eigenvalue weighted by Crippen LogP contribution is -2.22. The van der Waals surface area contributed by atoms with Gasteiger partial charge < -0.3 is 10.4 Å². The van der Waals surface area contributed by atoms with Crippen molar-refractivity contribution in [3.8, 4) is 0 Å².